The lowest BCUT2D eigenvalue weighted by molar-refractivity contribution is 0.00578. The number of hydrogen-bond acceptors (Lipinski definition) is 4. The Hall–Kier alpha value is -1.01. The van der Waals surface area contributed by atoms with E-state index >= 15 is 0 Å². The van der Waals surface area contributed by atoms with Crippen molar-refractivity contribution in [2.75, 3.05) is 0 Å². The van der Waals surface area contributed by atoms with Crippen molar-refractivity contribution in [2.45, 2.75) is 97.0 Å². The maximum absolute atomic E-state index is 12.2. The maximum Gasteiger partial charge on any atom is 0.490 e. The molecule has 1 N–H and O–H groups in total. The van der Waals surface area contributed by atoms with Gasteiger partial charge < -0.3 is 19.4 Å². The van der Waals surface area contributed by atoms with Gasteiger partial charge in [0.15, 0.2) is 0 Å². The first-order valence-corrected chi connectivity index (χ1v) is 8.79. The van der Waals surface area contributed by atoms with Crippen LogP contribution in [0.1, 0.15) is 74.7 Å². The Kier molecular flexibility index (Phi) is 4.88. The third-order valence-electron chi connectivity index (χ3n) is 5.06. The monoisotopic (exact) mass is 337 g/mol. The minimum Gasteiger partial charge on any atom is -0.444 e. The highest BCUT2D eigenvalue weighted by molar-refractivity contribution is 6.54. The van der Waals surface area contributed by atoms with Gasteiger partial charge in [-0.1, -0.05) is 6.08 Å². The van der Waals surface area contributed by atoms with E-state index < -0.39 is 5.60 Å². The summed E-state index contributed by atoms with van der Waals surface area (Å²) in [6, 6.07) is 0. The van der Waals surface area contributed by atoms with Crippen LogP contribution in [0, 0.1) is 0 Å². The fraction of sp³-hybridized carbons (Fsp3) is 0.833. The summed E-state index contributed by atoms with van der Waals surface area (Å²) < 4.78 is 17.7. The Labute approximate surface area is 146 Å². The van der Waals surface area contributed by atoms with E-state index in [1.54, 1.807) is 0 Å². The molecule has 1 unspecified atom stereocenters. The molecule has 2 rings (SSSR count). The second-order valence-corrected chi connectivity index (χ2v) is 9.27. The van der Waals surface area contributed by atoms with E-state index in [4.69, 9.17) is 14.0 Å². The molecule has 1 amide bonds. The lowest BCUT2D eigenvalue weighted by Crippen LogP contribution is -2.50. The van der Waals surface area contributed by atoms with E-state index in [1.165, 1.54) is 0 Å². The van der Waals surface area contributed by atoms with Crippen LogP contribution >= 0.6 is 0 Å². The number of hydrogen-bond donors (Lipinski definition) is 1. The number of carbonyl (C=O) groups excluding carboxylic acids is 1. The molecular formula is C18H32BNO4. The largest absolute Gasteiger partial charge is 0.490 e. The van der Waals surface area contributed by atoms with Crippen molar-refractivity contribution in [3.8, 4) is 0 Å². The van der Waals surface area contributed by atoms with Crippen molar-refractivity contribution in [2.24, 2.45) is 0 Å². The Balaban J connectivity index is 2.04. The smallest absolute Gasteiger partial charge is 0.444 e. The van der Waals surface area contributed by atoms with E-state index in [0.29, 0.717) is 6.42 Å². The van der Waals surface area contributed by atoms with Crippen LogP contribution in [0.15, 0.2) is 11.5 Å². The van der Waals surface area contributed by atoms with Gasteiger partial charge in [0.1, 0.15) is 5.60 Å². The topological polar surface area (TPSA) is 56.8 Å². The molecule has 136 valence electrons. The highest BCUT2D eigenvalue weighted by Gasteiger charge is 2.53. The van der Waals surface area contributed by atoms with Gasteiger partial charge >= 0.3 is 13.2 Å². The molecule has 1 fully saturated rings. The highest BCUT2D eigenvalue weighted by atomic mass is 16.7. The van der Waals surface area contributed by atoms with Gasteiger partial charge in [-0.15, -0.1) is 0 Å². The summed E-state index contributed by atoms with van der Waals surface area (Å²) in [6.45, 7) is 15.9. The number of ether oxygens (including phenoxy) is 1. The van der Waals surface area contributed by atoms with Crippen LogP contribution in [-0.2, 0) is 14.0 Å². The Bertz CT molecular complexity index is 520. The molecule has 1 aliphatic carbocycles. The summed E-state index contributed by atoms with van der Waals surface area (Å²) >= 11 is 0. The summed E-state index contributed by atoms with van der Waals surface area (Å²) in [5.74, 6) is 0. The zero-order chi connectivity index (χ0) is 18.4. The zero-order valence-electron chi connectivity index (χ0n) is 16.4. The predicted octanol–water partition coefficient (Wildman–Crippen LogP) is 4.01. The fourth-order valence-electron chi connectivity index (χ4n) is 3.02. The SMILES string of the molecule is CC1(NC(=O)OC(C)(C)C)CCC=C(B2OC(C)(C)C(C)(C)O2)C1. The average molecular weight is 337 g/mol. The van der Waals surface area contributed by atoms with Gasteiger partial charge in [0.25, 0.3) is 0 Å². The maximum atomic E-state index is 12.2. The Morgan fingerprint density at radius 1 is 1.17 bits per heavy atom. The van der Waals surface area contributed by atoms with Crippen LogP contribution in [0.3, 0.4) is 0 Å². The molecule has 0 bridgehead atoms. The first-order valence-electron chi connectivity index (χ1n) is 8.79. The number of allylic oxidation sites excluding steroid dienone is 1. The molecule has 1 aliphatic heterocycles. The van der Waals surface area contributed by atoms with Gasteiger partial charge in [-0.25, -0.2) is 4.79 Å². The first kappa shape index (κ1) is 19.3. The molecule has 2 aliphatic rings. The average Bonchev–Trinajstić information content (AvgIpc) is 2.55. The van der Waals surface area contributed by atoms with Crippen LogP contribution in [0.4, 0.5) is 4.79 Å². The summed E-state index contributed by atoms with van der Waals surface area (Å²) in [4.78, 5) is 12.2. The third-order valence-corrected chi connectivity index (χ3v) is 5.06. The molecule has 1 atom stereocenters. The third kappa shape index (κ3) is 4.34. The molecule has 0 aromatic rings. The predicted molar refractivity (Wildman–Crippen MR) is 95.8 cm³/mol. The molecule has 0 saturated carbocycles. The lowest BCUT2D eigenvalue weighted by atomic mass is 9.67. The lowest BCUT2D eigenvalue weighted by Gasteiger charge is -2.36. The van der Waals surface area contributed by atoms with Gasteiger partial charge in [0.05, 0.1) is 11.2 Å². The molecular weight excluding hydrogens is 305 g/mol. The van der Waals surface area contributed by atoms with Crippen molar-refractivity contribution in [1.29, 1.82) is 0 Å². The molecule has 6 heteroatoms. The molecule has 0 spiro atoms. The van der Waals surface area contributed by atoms with Crippen molar-refractivity contribution in [3.63, 3.8) is 0 Å². The molecule has 5 nitrogen and oxygen atoms in total. The van der Waals surface area contributed by atoms with Gasteiger partial charge in [-0.3, -0.25) is 0 Å². The van der Waals surface area contributed by atoms with Gasteiger partial charge in [0.2, 0.25) is 0 Å². The Morgan fingerprint density at radius 3 is 2.21 bits per heavy atom. The van der Waals surface area contributed by atoms with E-state index in [-0.39, 0.29) is 30.0 Å². The number of rotatable bonds is 2. The van der Waals surface area contributed by atoms with E-state index in [0.717, 1.165) is 18.3 Å². The molecule has 0 aromatic heterocycles. The molecule has 0 radical (unpaired) electrons. The van der Waals surface area contributed by atoms with Gasteiger partial charge in [0, 0.05) is 5.54 Å². The van der Waals surface area contributed by atoms with Crippen LogP contribution in [0.25, 0.3) is 0 Å². The standard InChI is InChI=1S/C18H32BNO4/c1-15(2,3)22-14(21)20-18(8)11-9-10-13(12-18)19-23-16(4,5)17(6,7)24-19/h10H,9,11-12H2,1-8H3,(H,20,21). The van der Waals surface area contributed by atoms with Crippen molar-refractivity contribution in [1.82, 2.24) is 5.32 Å². The Morgan fingerprint density at radius 2 is 1.71 bits per heavy atom. The number of carbonyl (C=O) groups is 1. The van der Waals surface area contributed by atoms with Crippen LogP contribution in [0.2, 0.25) is 0 Å². The number of amides is 1. The molecule has 24 heavy (non-hydrogen) atoms. The normalized spacial score (nSPS) is 29.2. The molecule has 1 heterocycles. The van der Waals surface area contributed by atoms with E-state index in [9.17, 15) is 4.79 Å². The molecule has 1 saturated heterocycles. The van der Waals surface area contributed by atoms with Gasteiger partial charge in [-0.05, 0) is 80.1 Å². The minimum absolute atomic E-state index is 0.351. The van der Waals surface area contributed by atoms with Crippen molar-refractivity contribution >= 4 is 13.2 Å². The number of alkyl carbamates (subject to hydrolysis) is 1. The fourth-order valence-corrected chi connectivity index (χ4v) is 3.02. The highest BCUT2D eigenvalue weighted by Crippen LogP contribution is 2.41. The van der Waals surface area contributed by atoms with E-state index in [2.05, 4.69) is 46.0 Å². The van der Waals surface area contributed by atoms with Crippen molar-refractivity contribution in [3.05, 3.63) is 11.5 Å². The summed E-state index contributed by atoms with van der Waals surface area (Å²) in [6.07, 6.45) is 4.25. The number of nitrogens with one attached hydrogen (secondary N) is 1. The van der Waals surface area contributed by atoms with Gasteiger partial charge in [-0.2, -0.15) is 0 Å². The van der Waals surface area contributed by atoms with Crippen LogP contribution in [0.5, 0.6) is 0 Å². The second-order valence-electron chi connectivity index (χ2n) is 9.27. The van der Waals surface area contributed by atoms with Crippen LogP contribution in [-0.4, -0.2) is 35.6 Å². The summed E-state index contributed by atoms with van der Waals surface area (Å²) in [7, 11) is -0.352. The first-order chi connectivity index (χ1) is 10.7. The minimum atomic E-state index is -0.500. The van der Waals surface area contributed by atoms with Crippen molar-refractivity contribution < 1.29 is 18.8 Å². The molecule has 0 aromatic carbocycles. The zero-order valence-corrected chi connectivity index (χ0v) is 16.4. The second kappa shape index (κ2) is 6.06. The summed E-state index contributed by atoms with van der Waals surface area (Å²) in [5.41, 5.74) is -0.468. The van der Waals surface area contributed by atoms with Crippen LogP contribution < -0.4 is 5.32 Å². The quantitative estimate of drug-likeness (QED) is 0.774. The van der Waals surface area contributed by atoms with E-state index in [1.807, 2.05) is 20.8 Å². The summed E-state index contributed by atoms with van der Waals surface area (Å²) in [5, 5.41) is 3.03.